The number of halogens is 3. The number of benzene rings is 1. The summed E-state index contributed by atoms with van der Waals surface area (Å²) in [4.78, 5) is 15.7. The highest BCUT2D eigenvalue weighted by atomic mass is 32.2. The van der Waals surface area contributed by atoms with Gasteiger partial charge < -0.3 is 4.90 Å². The molecule has 1 aromatic heterocycles. The summed E-state index contributed by atoms with van der Waals surface area (Å²) >= 11 is 3.60. The van der Waals surface area contributed by atoms with Crippen molar-refractivity contribution in [3.05, 3.63) is 57.8 Å². The fourth-order valence-corrected chi connectivity index (χ4v) is 5.06. The molecule has 0 saturated carbocycles. The average Bonchev–Trinajstić information content (AvgIpc) is 2.99. The summed E-state index contributed by atoms with van der Waals surface area (Å²) in [6, 6.07) is 9.02. The Labute approximate surface area is 153 Å². The van der Waals surface area contributed by atoms with Gasteiger partial charge in [-0.1, -0.05) is 18.2 Å². The van der Waals surface area contributed by atoms with Crippen molar-refractivity contribution in [2.75, 3.05) is 18.8 Å². The van der Waals surface area contributed by atoms with Crippen LogP contribution in [0.3, 0.4) is 0 Å². The van der Waals surface area contributed by atoms with Crippen LogP contribution in [-0.4, -0.2) is 29.6 Å². The van der Waals surface area contributed by atoms with E-state index in [0.29, 0.717) is 23.9 Å². The fraction of sp³-hybridized carbons (Fsp3) is 0.389. The molecule has 2 aromatic rings. The van der Waals surface area contributed by atoms with Gasteiger partial charge in [-0.3, -0.25) is 4.79 Å². The zero-order valence-electron chi connectivity index (χ0n) is 13.5. The summed E-state index contributed by atoms with van der Waals surface area (Å²) in [7, 11) is 0. The first-order valence-corrected chi connectivity index (χ1v) is 9.95. The molecule has 1 aliphatic heterocycles. The molecule has 2 heterocycles. The van der Waals surface area contributed by atoms with Gasteiger partial charge in [-0.2, -0.15) is 24.9 Å². The summed E-state index contributed by atoms with van der Waals surface area (Å²) in [6.07, 6.45) is -3.29. The van der Waals surface area contributed by atoms with Crippen LogP contribution in [0.4, 0.5) is 13.2 Å². The molecule has 1 fully saturated rings. The van der Waals surface area contributed by atoms with Crippen molar-refractivity contribution in [2.24, 2.45) is 0 Å². The van der Waals surface area contributed by atoms with E-state index in [1.165, 1.54) is 17.0 Å². The van der Waals surface area contributed by atoms with Crippen LogP contribution in [0, 0.1) is 0 Å². The fourth-order valence-electron chi connectivity index (χ4n) is 2.82. The van der Waals surface area contributed by atoms with Gasteiger partial charge in [0.05, 0.1) is 12.0 Å². The van der Waals surface area contributed by atoms with Crippen molar-refractivity contribution in [1.82, 2.24) is 4.90 Å². The molecular formula is C18H18F3NOS2. The highest BCUT2D eigenvalue weighted by molar-refractivity contribution is 7.99. The molecule has 1 amide bonds. The Morgan fingerprint density at radius 3 is 2.56 bits per heavy atom. The predicted octanol–water partition coefficient (Wildman–Crippen LogP) is 5.02. The van der Waals surface area contributed by atoms with Crippen LogP contribution in [-0.2, 0) is 17.4 Å². The number of thioether (sulfide) groups is 1. The molecule has 1 aliphatic rings. The first-order valence-electron chi connectivity index (χ1n) is 8.02. The number of thiophene rings is 1. The Morgan fingerprint density at radius 2 is 1.92 bits per heavy atom. The van der Waals surface area contributed by atoms with E-state index in [2.05, 4.69) is 11.4 Å². The molecule has 1 atom stereocenters. The quantitative estimate of drug-likeness (QED) is 0.740. The number of alkyl halides is 3. The van der Waals surface area contributed by atoms with E-state index < -0.39 is 11.7 Å². The van der Waals surface area contributed by atoms with Crippen LogP contribution >= 0.6 is 23.1 Å². The van der Waals surface area contributed by atoms with Crippen molar-refractivity contribution in [1.29, 1.82) is 0 Å². The van der Waals surface area contributed by atoms with Gasteiger partial charge in [-0.05, 0) is 35.6 Å². The lowest BCUT2D eigenvalue weighted by Crippen LogP contribution is -2.34. The third kappa shape index (κ3) is 4.79. The predicted molar refractivity (Wildman–Crippen MR) is 95.9 cm³/mol. The second-order valence-corrected chi connectivity index (χ2v) is 8.21. The van der Waals surface area contributed by atoms with Crippen LogP contribution in [0.2, 0.25) is 0 Å². The highest BCUT2D eigenvalue weighted by Gasteiger charge is 2.30. The first kappa shape index (κ1) is 18.3. The molecule has 2 nitrogen and oxygen atoms in total. The lowest BCUT2D eigenvalue weighted by molar-refractivity contribution is -0.137. The Morgan fingerprint density at radius 1 is 1.16 bits per heavy atom. The molecule has 25 heavy (non-hydrogen) atoms. The standard InChI is InChI=1S/C18H18F3NOS2/c19-18(20,21)14-5-3-13(4-6-14)12-17(23)22-8-7-16(25-11-9-22)15-2-1-10-24-15/h1-6,10,16H,7-9,11-12H2. The number of amides is 1. The molecule has 1 saturated heterocycles. The average molecular weight is 385 g/mol. The van der Waals surface area contributed by atoms with Crippen LogP contribution in [0.5, 0.6) is 0 Å². The van der Waals surface area contributed by atoms with Gasteiger partial charge in [-0.25, -0.2) is 0 Å². The Hall–Kier alpha value is -1.47. The first-order chi connectivity index (χ1) is 11.9. The Bertz CT molecular complexity index is 698. The van der Waals surface area contributed by atoms with Crippen LogP contribution in [0.1, 0.15) is 27.7 Å². The maximum absolute atomic E-state index is 12.6. The van der Waals surface area contributed by atoms with Gasteiger partial charge in [0.15, 0.2) is 0 Å². The van der Waals surface area contributed by atoms with Crippen molar-refractivity contribution >= 4 is 29.0 Å². The number of hydrogen-bond acceptors (Lipinski definition) is 3. The largest absolute Gasteiger partial charge is 0.416 e. The number of rotatable bonds is 3. The van der Waals surface area contributed by atoms with Crippen molar-refractivity contribution in [2.45, 2.75) is 24.3 Å². The van der Waals surface area contributed by atoms with E-state index in [0.717, 1.165) is 24.3 Å². The smallest absolute Gasteiger partial charge is 0.342 e. The number of carbonyl (C=O) groups excluding carboxylic acids is 1. The molecule has 0 N–H and O–H groups in total. The monoisotopic (exact) mass is 385 g/mol. The molecule has 0 bridgehead atoms. The van der Waals surface area contributed by atoms with Gasteiger partial charge >= 0.3 is 6.18 Å². The lowest BCUT2D eigenvalue weighted by Gasteiger charge is -2.20. The highest BCUT2D eigenvalue weighted by Crippen LogP contribution is 2.36. The summed E-state index contributed by atoms with van der Waals surface area (Å²) in [6.45, 7) is 1.38. The number of carbonyl (C=O) groups is 1. The van der Waals surface area contributed by atoms with Crippen LogP contribution in [0.15, 0.2) is 41.8 Å². The van der Waals surface area contributed by atoms with Gasteiger partial charge in [0.1, 0.15) is 0 Å². The van der Waals surface area contributed by atoms with E-state index in [4.69, 9.17) is 0 Å². The minimum atomic E-state index is -4.35. The minimum absolute atomic E-state index is 0.0211. The van der Waals surface area contributed by atoms with E-state index in [1.807, 2.05) is 22.7 Å². The molecule has 1 unspecified atom stereocenters. The van der Waals surface area contributed by atoms with E-state index >= 15 is 0 Å². The third-order valence-electron chi connectivity index (χ3n) is 4.19. The van der Waals surface area contributed by atoms with Crippen molar-refractivity contribution in [3.63, 3.8) is 0 Å². The summed E-state index contributed by atoms with van der Waals surface area (Å²) in [5.74, 6) is 0.855. The number of hydrogen-bond donors (Lipinski definition) is 0. The SMILES string of the molecule is O=C(Cc1ccc(C(F)(F)F)cc1)N1CCSC(c2cccs2)CC1. The van der Waals surface area contributed by atoms with Gasteiger partial charge in [0.2, 0.25) is 5.91 Å². The topological polar surface area (TPSA) is 20.3 Å². The van der Waals surface area contributed by atoms with E-state index in [1.54, 1.807) is 11.3 Å². The van der Waals surface area contributed by atoms with Crippen molar-refractivity contribution in [3.8, 4) is 0 Å². The molecule has 3 rings (SSSR count). The summed E-state index contributed by atoms with van der Waals surface area (Å²) in [5, 5.41) is 2.48. The molecular weight excluding hydrogens is 367 g/mol. The maximum atomic E-state index is 12.6. The second-order valence-electron chi connectivity index (χ2n) is 5.92. The summed E-state index contributed by atoms with van der Waals surface area (Å²) < 4.78 is 37.8. The van der Waals surface area contributed by atoms with Gasteiger partial charge in [0.25, 0.3) is 0 Å². The second kappa shape index (κ2) is 7.83. The van der Waals surface area contributed by atoms with Gasteiger partial charge in [-0.15, -0.1) is 11.3 Å². The molecule has 7 heteroatoms. The lowest BCUT2D eigenvalue weighted by atomic mass is 10.1. The molecule has 134 valence electrons. The van der Waals surface area contributed by atoms with E-state index in [-0.39, 0.29) is 12.3 Å². The molecule has 0 radical (unpaired) electrons. The van der Waals surface area contributed by atoms with Gasteiger partial charge in [0, 0.05) is 29.0 Å². The minimum Gasteiger partial charge on any atom is -0.342 e. The Kier molecular flexibility index (Phi) is 5.74. The van der Waals surface area contributed by atoms with E-state index in [9.17, 15) is 18.0 Å². The van der Waals surface area contributed by atoms with Crippen LogP contribution in [0.25, 0.3) is 0 Å². The zero-order valence-corrected chi connectivity index (χ0v) is 15.1. The third-order valence-corrected chi connectivity index (χ3v) is 6.64. The zero-order chi connectivity index (χ0) is 17.9. The number of nitrogens with zero attached hydrogens (tertiary/aromatic N) is 1. The normalized spacial score (nSPS) is 18.8. The van der Waals surface area contributed by atoms with Crippen molar-refractivity contribution < 1.29 is 18.0 Å². The maximum Gasteiger partial charge on any atom is 0.416 e. The molecule has 1 aromatic carbocycles. The van der Waals surface area contributed by atoms with Crippen LogP contribution < -0.4 is 0 Å². The Balaban J connectivity index is 1.58. The molecule has 0 aliphatic carbocycles. The molecule has 0 spiro atoms. The summed E-state index contributed by atoms with van der Waals surface area (Å²) in [5.41, 5.74) is -0.0710.